The summed E-state index contributed by atoms with van der Waals surface area (Å²) in [5, 5.41) is 42.1. The Bertz CT molecular complexity index is 1160. The smallest absolute Gasteiger partial charge is 0.309 e. The van der Waals surface area contributed by atoms with Crippen LogP contribution in [0.4, 0.5) is 0 Å². The molecule has 12 unspecified atom stereocenters. The highest BCUT2D eigenvalue weighted by molar-refractivity contribution is 5.81. The number of methoxy groups -OCH3 is 1. The van der Waals surface area contributed by atoms with Gasteiger partial charge in [0.2, 0.25) is 0 Å². The monoisotopic (exact) mass is 760 g/mol. The van der Waals surface area contributed by atoms with E-state index in [1.807, 2.05) is 13.8 Å². The number of ketones is 2. The second-order valence-corrected chi connectivity index (χ2v) is 15.4. The van der Waals surface area contributed by atoms with Crippen LogP contribution in [-0.4, -0.2) is 106 Å². The molecular formula is C39H68O14. The quantitative estimate of drug-likeness (QED) is 0.0693. The average Bonchev–Trinajstić information content (AvgIpc) is 3.04. The molecule has 12 atom stereocenters. The Labute approximate surface area is 315 Å². The second kappa shape index (κ2) is 25.2. The number of ether oxygens (including phenoxy) is 4. The number of hydrogen-bond acceptors (Lipinski definition) is 14. The molecule has 0 rings (SSSR count). The van der Waals surface area contributed by atoms with Gasteiger partial charge in [-0.1, -0.05) is 48.5 Å². The van der Waals surface area contributed by atoms with Gasteiger partial charge in [-0.15, -0.1) is 0 Å². The largest absolute Gasteiger partial charge is 0.469 e. The van der Waals surface area contributed by atoms with Crippen LogP contribution in [-0.2, 0) is 47.7 Å². The van der Waals surface area contributed by atoms with Gasteiger partial charge in [-0.3, -0.25) is 28.8 Å². The van der Waals surface area contributed by atoms with Crippen LogP contribution in [0.25, 0.3) is 0 Å². The van der Waals surface area contributed by atoms with E-state index in [0.29, 0.717) is 0 Å². The predicted molar refractivity (Wildman–Crippen MR) is 195 cm³/mol. The molecule has 0 aliphatic heterocycles. The zero-order valence-electron chi connectivity index (χ0n) is 33.7. The fourth-order valence-electron chi connectivity index (χ4n) is 6.61. The van der Waals surface area contributed by atoms with Gasteiger partial charge in [0.1, 0.15) is 24.1 Å². The Kier molecular flexibility index (Phi) is 23.8. The highest BCUT2D eigenvalue weighted by Crippen LogP contribution is 2.33. The van der Waals surface area contributed by atoms with Gasteiger partial charge in [-0.2, -0.15) is 0 Å². The number of hydrogen-bond donors (Lipinski definition) is 4. The summed E-state index contributed by atoms with van der Waals surface area (Å²) in [4.78, 5) is 75.0. The third-order valence-corrected chi connectivity index (χ3v) is 9.58. The first kappa shape index (κ1) is 50.1. The lowest BCUT2D eigenvalue weighted by Gasteiger charge is -2.36. The molecule has 14 heteroatoms. The third kappa shape index (κ3) is 19.3. The van der Waals surface area contributed by atoms with Crippen LogP contribution in [0.15, 0.2) is 0 Å². The molecule has 0 spiro atoms. The predicted octanol–water partition coefficient (Wildman–Crippen LogP) is 3.74. The number of Topliss-reactive ketones (excluding diaryl/α,β-unsaturated/α-hetero) is 2. The molecule has 0 bridgehead atoms. The molecule has 0 amide bonds. The highest BCUT2D eigenvalue weighted by Gasteiger charge is 2.42. The van der Waals surface area contributed by atoms with E-state index >= 15 is 0 Å². The number of carbonyl (C=O) groups is 6. The van der Waals surface area contributed by atoms with E-state index in [4.69, 9.17) is 18.9 Å². The maximum Gasteiger partial charge on any atom is 0.309 e. The summed E-state index contributed by atoms with van der Waals surface area (Å²) in [5.74, 6) is -6.60. The van der Waals surface area contributed by atoms with Crippen LogP contribution in [0.5, 0.6) is 0 Å². The van der Waals surface area contributed by atoms with Crippen molar-refractivity contribution in [3.8, 4) is 0 Å². The van der Waals surface area contributed by atoms with Gasteiger partial charge in [0.25, 0.3) is 0 Å². The topological polar surface area (TPSA) is 220 Å². The van der Waals surface area contributed by atoms with Crippen molar-refractivity contribution in [3.63, 3.8) is 0 Å². The summed E-state index contributed by atoms with van der Waals surface area (Å²) >= 11 is 0. The van der Waals surface area contributed by atoms with E-state index in [1.54, 1.807) is 41.5 Å². The first-order valence-electron chi connectivity index (χ1n) is 18.9. The zero-order chi connectivity index (χ0) is 41.2. The number of aliphatic hydroxyl groups excluding tert-OH is 4. The van der Waals surface area contributed by atoms with Crippen molar-refractivity contribution in [1.29, 1.82) is 0 Å². The molecule has 0 aromatic rings. The van der Waals surface area contributed by atoms with Gasteiger partial charge in [0, 0.05) is 32.1 Å². The van der Waals surface area contributed by atoms with Crippen LogP contribution < -0.4 is 0 Å². The van der Waals surface area contributed by atoms with E-state index in [-0.39, 0.29) is 81.5 Å². The fraction of sp³-hybridized carbons (Fsp3) is 0.846. The Balaban J connectivity index is 6.09. The molecule has 308 valence electrons. The van der Waals surface area contributed by atoms with Gasteiger partial charge in [-0.25, -0.2) is 0 Å². The highest BCUT2D eigenvalue weighted by atomic mass is 16.6. The molecule has 0 heterocycles. The molecular weight excluding hydrogens is 692 g/mol. The standard InChI is InChI=1S/C39H68O14/c1-12-51-39(49)30(14-13-24(6)38(48)50-11)26(8)37(52-28(10)41)33(53-34(45)15-21(2)3)20-25(7)35(46)31(43)18-22(4)16-29(42)17-23(5)19-32(44)36(47)27(9)40/h21-26,30-33,35-37,43-44,46-47H,12-20H2,1-11H3. The molecule has 14 nitrogen and oxygen atoms in total. The Morgan fingerprint density at radius 2 is 1.23 bits per heavy atom. The van der Waals surface area contributed by atoms with E-state index in [0.717, 1.165) is 0 Å². The SMILES string of the molecule is CCOC(=O)C(CCC(C)C(=O)OC)C(C)C(OC(C)=O)C(CC(C)C(O)C(O)CC(C)CC(=O)CC(C)CC(O)C(O)C(C)=O)OC(=O)CC(C)C. The number of aliphatic hydroxyl groups is 4. The molecule has 0 fully saturated rings. The Hall–Kier alpha value is -2.94. The molecule has 4 N–H and O–H groups in total. The first-order valence-corrected chi connectivity index (χ1v) is 18.9. The van der Waals surface area contributed by atoms with Crippen LogP contribution >= 0.6 is 0 Å². The fourth-order valence-corrected chi connectivity index (χ4v) is 6.61. The van der Waals surface area contributed by atoms with Gasteiger partial charge < -0.3 is 39.4 Å². The first-order chi connectivity index (χ1) is 24.5. The molecule has 0 aliphatic carbocycles. The van der Waals surface area contributed by atoms with E-state index in [9.17, 15) is 49.2 Å². The maximum absolute atomic E-state index is 13.3. The molecule has 0 radical (unpaired) electrons. The number of rotatable bonds is 27. The molecule has 0 saturated carbocycles. The van der Waals surface area contributed by atoms with Crippen LogP contribution in [0.2, 0.25) is 0 Å². The van der Waals surface area contributed by atoms with Crippen molar-refractivity contribution in [2.75, 3.05) is 13.7 Å². The van der Waals surface area contributed by atoms with Crippen molar-refractivity contribution in [3.05, 3.63) is 0 Å². The van der Waals surface area contributed by atoms with E-state index in [1.165, 1.54) is 21.0 Å². The van der Waals surface area contributed by atoms with Gasteiger partial charge >= 0.3 is 23.9 Å². The Morgan fingerprint density at radius 1 is 0.679 bits per heavy atom. The summed E-state index contributed by atoms with van der Waals surface area (Å²) in [6.45, 7) is 16.2. The minimum atomic E-state index is -1.52. The van der Waals surface area contributed by atoms with Gasteiger partial charge in [0.05, 0.1) is 43.9 Å². The summed E-state index contributed by atoms with van der Waals surface area (Å²) in [6, 6.07) is 0. The summed E-state index contributed by atoms with van der Waals surface area (Å²) in [5.41, 5.74) is 0. The third-order valence-electron chi connectivity index (χ3n) is 9.58. The average molecular weight is 761 g/mol. The van der Waals surface area contributed by atoms with Crippen LogP contribution in [0, 0.1) is 41.4 Å². The van der Waals surface area contributed by atoms with E-state index in [2.05, 4.69) is 0 Å². The van der Waals surface area contributed by atoms with Crippen LogP contribution in [0.1, 0.15) is 121 Å². The molecule has 0 aliphatic rings. The molecule has 0 saturated heterocycles. The van der Waals surface area contributed by atoms with Crippen molar-refractivity contribution in [2.24, 2.45) is 41.4 Å². The second-order valence-electron chi connectivity index (χ2n) is 15.4. The van der Waals surface area contributed by atoms with Crippen molar-refractivity contribution in [2.45, 2.75) is 157 Å². The zero-order valence-corrected chi connectivity index (χ0v) is 33.7. The van der Waals surface area contributed by atoms with Gasteiger partial charge in [-0.05, 0) is 69.6 Å². The van der Waals surface area contributed by atoms with Crippen LogP contribution in [0.3, 0.4) is 0 Å². The lowest BCUT2D eigenvalue weighted by atomic mass is 9.79. The van der Waals surface area contributed by atoms with Crippen molar-refractivity contribution in [1.82, 2.24) is 0 Å². The minimum Gasteiger partial charge on any atom is -0.469 e. The van der Waals surface area contributed by atoms with Gasteiger partial charge in [0.15, 0.2) is 5.78 Å². The molecule has 0 aromatic heterocycles. The van der Waals surface area contributed by atoms with E-state index < -0.39 is 90.0 Å². The number of carbonyl (C=O) groups excluding carboxylic acids is 6. The summed E-state index contributed by atoms with van der Waals surface area (Å²) in [6.07, 6.45) is -6.99. The molecule has 53 heavy (non-hydrogen) atoms. The maximum atomic E-state index is 13.3. The summed E-state index contributed by atoms with van der Waals surface area (Å²) in [7, 11) is 1.27. The summed E-state index contributed by atoms with van der Waals surface area (Å²) < 4.78 is 21.8. The minimum absolute atomic E-state index is 0.0512. The molecule has 0 aromatic carbocycles. The van der Waals surface area contributed by atoms with Crippen molar-refractivity contribution >= 4 is 35.4 Å². The lowest BCUT2D eigenvalue weighted by Crippen LogP contribution is -2.46. The van der Waals surface area contributed by atoms with Crippen molar-refractivity contribution < 1.29 is 68.1 Å². The Morgan fingerprint density at radius 3 is 1.70 bits per heavy atom. The lowest BCUT2D eigenvalue weighted by molar-refractivity contribution is -0.179. The normalized spacial score (nSPS) is 18.5. The number of esters is 4.